The molecule has 1 saturated heterocycles. The minimum atomic E-state index is 0.899. The Labute approximate surface area is 131 Å². The molecule has 1 aromatic heterocycles. The minimum absolute atomic E-state index is 0.899. The summed E-state index contributed by atoms with van der Waals surface area (Å²) < 4.78 is 6.28. The maximum atomic E-state index is 5.35. The van der Waals surface area contributed by atoms with Crippen LogP contribution in [0.25, 0.3) is 0 Å². The molecule has 0 aliphatic carbocycles. The Hall–Kier alpha value is -0.450. The van der Waals surface area contributed by atoms with Gasteiger partial charge in [-0.25, -0.2) is 4.98 Å². The van der Waals surface area contributed by atoms with E-state index < -0.39 is 0 Å². The van der Waals surface area contributed by atoms with Crippen molar-refractivity contribution in [3.05, 3.63) is 28.0 Å². The summed E-state index contributed by atoms with van der Waals surface area (Å²) in [4.78, 5) is 6.93. The van der Waals surface area contributed by atoms with Gasteiger partial charge in [0.25, 0.3) is 0 Å². The number of morpholine rings is 1. The van der Waals surface area contributed by atoms with Gasteiger partial charge >= 0.3 is 0 Å². The number of unbranched alkanes of at least 4 members (excludes halogenated alkanes) is 1. The molecule has 1 aliphatic rings. The van der Waals surface area contributed by atoms with E-state index in [1.165, 1.54) is 24.9 Å². The van der Waals surface area contributed by atoms with Crippen molar-refractivity contribution in [3.63, 3.8) is 0 Å². The van der Waals surface area contributed by atoms with Gasteiger partial charge < -0.3 is 4.74 Å². The van der Waals surface area contributed by atoms with Crippen LogP contribution in [0.1, 0.15) is 37.9 Å². The molecule has 1 aromatic rings. The van der Waals surface area contributed by atoms with Gasteiger partial charge in [0.15, 0.2) is 0 Å². The van der Waals surface area contributed by atoms with Crippen LogP contribution < -0.4 is 0 Å². The second kappa shape index (κ2) is 10.3. The molecule has 0 amide bonds. The molecule has 0 aromatic carbocycles. The molecule has 0 atom stereocenters. The van der Waals surface area contributed by atoms with Crippen LogP contribution in [-0.2, 0) is 11.2 Å². The third-order valence-corrected chi connectivity index (χ3v) is 3.88. The van der Waals surface area contributed by atoms with Crippen molar-refractivity contribution in [2.45, 2.75) is 40.0 Å². The van der Waals surface area contributed by atoms with E-state index in [1.54, 1.807) is 0 Å². The van der Waals surface area contributed by atoms with Crippen LogP contribution in [0.2, 0.25) is 0 Å². The average Bonchev–Trinajstić information content (AvgIpc) is 2.48. The molecule has 20 heavy (non-hydrogen) atoms. The topological polar surface area (TPSA) is 25.4 Å². The highest BCUT2D eigenvalue weighted by atomic mass is 79.9. The van der Waals surface area contributed by atoms with Crippen molar-refractivity contribution in [1.82, 2.24) is 9.88 Å². The summed E-state index contributed by atoms with van der Waals surface area (Å²) in [6, 6.07) is 4.21. The van der Waals surface area contributed by atoms with Crippen LogP contribution in [0.3, 0.4) is 0 Å². The van der Waals surface area contributed by atoms with Crippen molar-refractivity contribution in [3.8, 4) is 0 Å². The first kappa shape index (κ1) is 17.6. The number of aryl methyl sites for hydroxylation is 2. The maximum absolute atomic E-state index is 5.35. The van der Waals surface area contributed by atoms with E-state index >= 15 is 0 Å². The van der Waals surface area contributed by atoms with Gasteiger partial charge in [-0.15, -0.1) is 0 Å². The Kier molecular flexibility index (Phi) is 9.07. The van der Waals surface area contributed by atoms with Gasteiger partial charge in [-0.2, -0.15) is 0 Å². The Balaban J connectivity index is 0.000000956. The normalized spacial score (nSPS) is 15.6. The fraction of sp³-hybridized carbons (Fsp3) is 0.688. The van der Waals surface area contributed by atoms with Crippen LogP contribution in [0.15, 0.2) is 16.7 Å². The zero-order chi connectivity index (χ0) is 14.8. The Morgan fingerprint density at radius 1 is 1.20 bits per heavy atom. The van der Waals surface area contributed by atoms with E-state index in [4.69, 9.17) is 4.74 Å². The monoisotopic (exact) mass is 342 g/mol. The van der Waals surface area contributed by atoms with E-state index in [0.717, 1.165) is 43.0 Å². The van der Waals surface area contributed by atoms with Gasteiger partial charge in [-0.3, -0.25) is 4.90 Å². The lowest BCUT2D eigenvalue weighted by atomic mass is 10.1. The predicted octanol–water partition coefficient (Wildman–Crippen LogP) is 3.83. The summed E-state index contributed by atoms with van der Waals surface area (Å²) in [5.41, 5.74) is 2.52. The summed E-state index contributed by atoms with van der Waals surface area (Å²) in [6.07, 6.45) is 3.63. The highest BCUT2D eigenvalue weighted by molar-refractivity contribution is 9.10. The molecule has 0 N–H and O–H groups in total. The summed E-state index contributed by atoms with van der Waals surface area (Å²) in [7, 11) is 0. The Bertz CT molecular complexity index is 379. The van der Waals surface area contributed by atoms with Gasteiger partial charge in [0.2, 0.25) is 0 Å². The van der Waals surface area contributed by atoms with Crippen LogP contribution in [-0.4, -0.2) is 42.7 Å². The minimum Gasteiger partial charge on any atom is -0.379 e. The van der Waals surface area contributed by atoms with Crippen molar-refractivity contribution in [2.75, 3.05) is 32.8 Å². The van der Waals surface area contributed by atoms with Crippen LogP contribution in [0, 0.1) is 6.92 Å². The number of ether oxygens (including phenoxy) is 1. The van der Waals surface area contributed by atoms with E-state index in [0.29, 0.717) is 0 Å². The molecule has 1 aliphatic heterocycles. The smallest absolute Gasteiger partial charge is 0.106 e. The van der Waals surface area contributed by atoms with Crippen LogP contribution in [0.4, 0.5) is 0 Å². The van der Waals surface area contributed by atoms with Gasteiger partial charge in [0.1, 0.15) is 4.60 Å². The largest absolute Gasteiger partial charge is 0.379 e. The number of halogens is 1. The number of nitrogens with zero attached hydrogens (tertiary/aromatic N) is 2. The highest BCUT2D eigenvalue weighted by Crippen LogP contribution is 2.14. The lowest BCUT2D eigenvalue weighted by molar-refractivity contribution is 0.0372. The molecule has 0 radical (unpaired) electrons. The van der Waals surface area contributed by atoms with Crippen LogP contribution >= 0.6 is 15.9 Å². The van der Waals surface area contributed by atoms with Gasteiger partial charge in [0, 0.05) is 18.8 Å². The summed E-state index contributed by atoms with van der Waals surface area (Å²) in [6.45, 7) is 11.3. The molecule has 0 unspecified atom stereocenters. The quantitative estimate of drug-likeness (QED) is 0.600. The molecule has 4 heteroatoms. The summed E-state index contributed by atoms with van der Waals surface area (Å²) in [5, 5.41) is 0. The van der Waals surface area contributed by atoms with E-state index in [9.17, 15) is 0 Å². The second-order valence-electron chi connectivity index (χ2n) is 4.79. The number of aromatic nitrogens is 1. The van der Waals surface area contributed by atoms with E-state index in [2.05, 4.69) is 38.8 Å². The standard InChI is InChI=1S/C14H21BrN2O.C2H6/c1-12-13(5-6-14(15)16-12)4-2-3-7-17-8-10-18-11-9-17;1-2/h5-6H,2-4,7-11H2,1H3;1-2H3. The Morgan fingerprint density at radius 3 is 2.55 bits per heavy atom. The predicted molar refractivity (Wildman–Crippen MR) is 88.2 cm³/mol. The fourth-order valence-electron chi connectivity index (χ4n) is 2.30. The molecule has 0 spiro atoms. The SMILES string of the molecule is CC.Cc1nc(Br)ccc1CCCCN1CCOCC1. The molecule has 0 saturated carbocycles. The van der Waals surface area contributed by atoms with Gasteiger partial charge in [0.05, 0.1) is 13.2 Å². The first-order valence-corrected chi connectivity index (χ1v) is 8.47. The molecule has 1 fully saturated rings. The molecular formula is C16H27BrN2O. The van der Waals surface area contributed by atoms with Crippen molar-refractivity contribution >= 4 is 15.9 Å². The van der Waals surface area contributed by atoms with Gasteiger partial charge in [-0.1, -0.05) is 19.9 Å². The third kappa shape index (κ3) is 6.33. The van der Waals surface area contributed by atoms with Crippen molar-refractivity contribution < 1.29 is 4.74 Å². The Morgan fingerprint density at radius 2 is 1.90 bits per heavy atom. The summed E-state index contributed by atoms with van der Waals surface area (Å²) in [5.74, 6) is 0. The highest BCUT2D eigenvalue weighted by Gasteiger charge is 2.09. The molecule has 2 heterocycles. The average molecular weight is 343 g/mol. The van der Waals surface area contributed by atoms with E-state index in [1.807, 2.05) is 19.9 Å². The first-order valence-electron chi connectivity index (χ1n) is 7.68. The zero-order valence-electron chi connectivity index (χ0n) is 13.0. The van der Waals surface area contributed by atoms with Gasteiger partial charge in [-0.05, 0) is 60.3 Å². The summed E-state index contributed by atoms with van der Waals surface area (Å²) >= 11 is 3.40. The lowest BCUT2D eigenvalue weighted by Crippen LogP contribution is -2.36. The first-order chi connectivity index (χ1) is 9.75. The third-order valence-electron chi connectivity index (χ3n) is 3.44. The number of pyridine rings is 1. The molecule has 3 nitrogen and oxygen atoms in total. The number of rotatable bonds is 5. The van der Waals surface area contributed by atoms with Crippen molar-refractivity contribution in [2.24, 2.45) is 0 Å². The zero-order valence-corrected chi connectivity index (χ0v) is 14.6. The van der Waals surface area contributed by atoms with Crippen molar-refractivity contribution in [1.29, 1.82) is 0 Å². The second-order valence-corrected chi connectivity index (χ2v) is 5.60. The fourth-order valence-corrected chi connectivity index (χ4v) is 2.70. The van der Waals surface area contributed by atoms with E-state index in [-0.39, 0.29) is 0 Å². The molecule has 0 bridgehead atoms. The lowest BCUT2D eigenvalue weighted by Gasteiger charge is -2.26. The van der Waals surface area contributed by atoms with Crippen LogP contribution in [0.5, 0.6) is 0 Å². The number of hydrogen-bond donors (Lipinski definition) is 0. The number of hydrogen-bond acceptors (Lipinski definition) is 3. The molecule has 114 valence electrons. The molecule has 2 rings (SSSR count). The maximum Gasteiger partial charge on any atom is 0.106 e. The molecular weight excluding hydrogens is 316 g/mol.